The second-order valence-corrected chi connectivity index (χ2v) is 9.55. The number of hydrogen-bond donors (Lipinski definition) is 2. The van der Waals surface area contributed by atoms with E-state index in [0.29, 0.717) is 49.1 Å². The first kappa shape index (κ1) is 25.5. The highest BCUT2D eigenvalue weighted by molar-refractivity contribution is 6.02. The number of para-hydroxylation sites is 1. The highest BCUT2D eigenvalue weighted by Gasteiger charge is 2.38. The molecule has 1 atom stereocenters. The Hall–Kier alpha value is -4.11. The minimum atomic E-state index is -0.989. The summed E-state index contributed by atoms with van der Waals surface area (Å²) in [5, 5.41) is 19.4. The maximum atomic E-state index is 15.1. The second kappa shape index (κ2) is 10.7. The van der Waals surface area contributed by atoms with Gasteiger partial charge in [0.15, 0.2) is 0 Å². The van der Waals surface area contributed by atoms with Gasteiger partial charge in [0.05, 0.1) is 31.9 Å². The zero-order valence-electron chi connectivity index (χ0n) is 21.5. The normalized spacial score (nSPS) is 17.2. The molecule has 0 bridgehead atoms. The molecule has 0 aromatic heterocycles. The fraction of sp³-hybridized carbons (Fsp3) is 0.310. The van der Waals surface area contributed by atoms with Gasteiger partial charge in [-0.05, 0) is 48.4 Å². The van der Waals surface area contributed by atoms with Crippen LogP contribution in [0.5, 0.6) is 5.75 Å². The summed E-state index contributed by atoms with van der Waals surface area (Å²) >= 11 is 0. The molecule has 0 saturated carbocycles. The molecule has 2 N–H and O–H groups in total. The average molecular weight is 519 g/mol. The molecule has 2 heterocycles. The number of aliphatic imine (C=N–C) groups is 1. The lowest BCUT2D eigenvalue weighted by Gasteiger charge is -2.45. The summed E-state index contributed by atoms with van der Waals surface area (Å²) in [4.78, 5) is 23.1. The van der Waals surface area contributed by atoms with Crippen LogP contribution in [0.2, 0.25) is 0 Å². The molecule has 1 saturated heterocycles. The van der Waals surface area contributed by atoms with Crippen molar-refractivity contribution in [3.63, 3.8) is 0 Å². The molecule has 9 heteroatoms. The Morgan fingerprint density at radius 3 is 2.50 bits per heavy atom. The van der Waals surface area contributed by atoms with Gasteiger partial charge in [-0.3, -0.25) is 4.79 Å². The van der Waals surface area contributed by atoms with E-state index >= 15 is 4.39 Å². The van der Waals surface area contributed by atoms with E-state index in [1.165, 1.54) is 6.07 Å². The van der Waals surface area contributed by atoms with Crippen LogP contribution in [0.4, 0.5) is 21.5 Å². The smallest absolute Gasteiger partial charge is 0.305 e. The summed E-state index contributed by atoms with van der Waals surface area (Å²) in [6.45, 7) is 4.49. The molecule has 0 aliphatic carbocycles. The number of rotatable bonds is 6. The molecule has 3 aromatic rings. The number of nitrogens with zero attached hydrogens (tertiary/aromatic N) is 4. The molecule has 3 aromatic carbocycles. The van der Waals surface area contributed by atoms with Crippen LogP contribution >= 0.6 is 0 Å². The van der Waals surface area contributed by atoms with Gasteiger partial charge < -0.3 is 29.6 Å². The van der Waals surface area contributed by atoms with E-state index in [0.717, 1.165) is 16.8 Å². The minimum Gasteiger partial charge on any atom is -0.495 e. The standard InChI is InChI=1S/C29H31FN4O4/c1-19-9-10-26(38-2)25(15-19)34-24(17-27(36)37)22-7-4-8-23(30)28(22)31-29(34)33-13-11-32(12-14-33)21-6-3-5-20(16-21)18-35/h3-10,15-16,24,35H,11-14,17-18H2,1-2H3,(H,36,37)/t24-/m0/s1. The Balaban J connectivity index is 1.56. The van der Waals surface area contributed by atoms with E-state index in [1.807, 2.05) is 54.3 Å². The van der Waals surface area contributed by atoms with E-state index in [4.69, 9.17) is 9.73 Å². The van der Waals surface area contributed by atoms with E-state index in [2.05, 4.69) is 9.80 Å². The average Bonchev–Trinajstić information content (AvgIpc) is 2.93. The molecule has 2 aliphatic rings. The number of carboxylic acids is 1. The van der Waals surface area contributed by atoms with Crippen molar-refractivity contribution in [1.29, 1.82) is 0 Å². The number of guanidine groups is 1. The van der Waals surface area contributed by atoms with Crippen LogP contribution in [0.25, 0.3) is 0 Å². The van der Waals surface area contributed by atoms with E-state index in [-0.39, 0.29) is 18.7 Å². The van der Waals surface area contributed by atoms with Crippen LogP contribution in [0.1, 0.15) is 29.2 Å². The zero-order chi connectivity index (χ0) is 26.8. The number of benzene rings is 3. The Labute approximate surface area is 221 Å². The summed E-state index contributed by atoms with van der Waals surface area (Å²) in [7, 11) is 1.58. The van der Waals surface area contributed by atoms with Crippen molar-refractivity contribution in [1.82, 2.24) is 4.90 Å². The Bertz CT molecular complexity index is 1370. The van der Waals surface area contributed by atoms with Crippen molar-refractivity contribution in [3.8, 4) is 5.75 Å². The van der Waals surface area contributed by atoms with E-state index in [9.17, 15) is 15.0 Å². The molecule has 0 radical (unpaired) electrons. The lowest BCUT2D eigenvalue weighted by Crippen LogP contribution is -2.55. The van der Waals surface area contributed by atoms with Gasteiger partial charge in [-0.25, -0.2) is 9.38 Å². The Morgan fingerprint density at radius 1 is 1.05 bits per heavy atom. The molecule has 0 spiro atoms. The van der Waals surface area contributed by atoms with Gasteiger partial charge in [-0.1, -0.05) is 30.3 Å². The van der Waals surface area contributed by atoms with Gasteiger partial charge in [-0.15, -0.1) is 0 Å². The number of aliphatic hydroxyl groups is 1. The van der Waals surface area contributed by atoms with Gasteiger partial charge in [0.1, 0.15) is 17.3 Å². The molecule has 1 fully saturated rings. The number of anilines is 2. The van der Waals surface area contributed by atoms with Gasteiger partial charge in [-0.2, -0.15) is 0 Å². The predicted molar refractivity (Wildman–Crippen MR) is 145 cm³/mol. The van der Waals surface area contributed by atoms with E-state index < -0.39 is 17.8 Å². The van der Waals surface area contributed by atoms with Crippen molar-refractivity contribution < 1.29 is 24.1 Å². The third-order valence-corrected chi connectivity index (χ3v) is 7.10. The number of hydrogen-bond acceptors (Lipinski definition) is 7. The first-order valence-electron chi connectivity index (χ1n) is 12.6. The number of aliphatic carboxylic acids is 1. The summed E-state index contributed by atoms with van der Waals surface area (Å²) in [6, 6.07) is 17.6. The van der Waals surface area contributed by atoms with Crippen molar-refractivity contribution in [2.75, 3.05) is 43.1 Å². The molecule has 2 aliphatic heterocycles. The number of aliphatic hydroxyl groups excluding tert-OH is 1. The monoisotopic (exact) mass is 518 g/mol. The highest BCUT2D eigenvalue weighted by Crippen LogP contribution is 2.44. The zero-order valence-corrected chi connectivity index (χ0v) is 21.5. The maximum Gasteiger partial charge on any atom is 0.305 e. The van der Waals surface area contributed by atoms with Crippen LogP contribution in [0, 0.1) is 12.7 Å². The van der Waals surface area contributed by atoms with E-state index in [1.54, 1.807) is 19.2 Å². The SMILES string of the molecule is COc1ccc(C)cc1N1C(N2CCN(c3cccc(CO)c3)CC2)=Nc2c(F)cccc2[C@@H]1CC(=O)O. The van der Waals surface area contributed by atoms with Gasteiger partial charge in [0.2, 0.25) is 5.96 Å². The van der Waals surface area contributed by atoms with Gasteiger partial charge in [0.25, 0.3) is 0 Å². The molecular formula is C29H31FN4O4. The summed E-state index contributed by atoms with van der Waals surface area (Å²) in [5.41, 5.74) is 4.24. The third-order valence-electron chi connectivity index (χ3n) is 7.10. The predicted octanol–water partition coefficient (Wildman–Crippen LogP) is 4.48. The minimum absolute atomic E-state index is 0.0200. The number of piperazine rings is 1. The molecule has 0 amide bonds. The molecular weight excluding hydrogens is 487 g/mol. The number of fused-ring (bicyclic) bond motifs is 1. The van der Waals surface area contributed by atoms with Crippen molar-refractivity contribution in [2.45, 2.75) is 26.0 Å². The summed E-state index contributed by atoms with van der Waals surface area (Å²) in [5.74, 6) is -0.387. The first-order chi connectivity index (χ1) is 18.4. The Kier molecular flexibility index (Phi) is 7.20. The van der Waals surface area contributed by atoms with Crippen molar-refractivity contribution >= 4 is 29.0 Å². The van der Waals surface area contributed by atoms with Crippen LogP contribution in [-0.4, -0.2) is 60.3 Å². The number of methoxy groups -OCH3 is 1. The molecule has 8 nitrogen and oxygen atoms in total. The van der Waals surface area contributed by atoms with Crippen LogP contribution < -0.4 is 14.5 Å². The number of halogens is 1. The molecule has 198 valence electrons. The van der Waals surface area contributed by atoms with Crippen LogP contribution in [-0.2, 0) is 11.4 Å². The number of ether oxygens (including phenoxy) is 1. The fourth-order valence-corrected chi connectivity index (χ4v) is 5.22. The summed E-state index contributed by atoms with van der Waals surface area (Å²) in [6.07, 6.45) is -0.236. The number of carboxylic acid groups (broad SMARTS) is 1. The second-order valence-electron chi connectivity index (χ2n) is 9.55. The number of carbonyl (C=O) groups is 1. The topological polar surface area (TPSA) is 88.8 Å². The quantitative estimate of drug-likeness (QED) is 0.497. The lowest BCUT2D eigenvalue weighted by molar-refractivity contribution is -0.137. The van der Waals surface area contributed by atoms with Crippen LogP contribution in [0.3, 0.4) is 0 Å². The van der Waals surface area contributed by atoms with Gasteiger partial charge >= 0.3 is 5.97 Å². The van der Waals surface area contributed by atoms with Crippen LogP contribution in [0.15, 0.2) is 65.7 Å². The van der Waals surface area contributed by atoms with Crippen molar-refractivity contribution in [2.24, 2.45) is 4.99 Å². The third kappa shape index (κ3) is 4.89. The molecule has 38 heavy (non-hydrogen) atoms. The van der Waals surface area contributed by atoms with Gasteiger partial charge in [0, 0.05) is 37.4 Å². The fourth-order valence-electron chi connectivity index (χ4n) is 5.22. The first-order valence-corrected chi connectivity index (χ1v) is 12.6. The van der Waals surface area contributed by atoms with Crippen molar-refractivity contribution in [3.05, 3.63) is 83.2 Å². The molecule has 0 unspecified atom stereocenters. The maximum absolute atomic E-state index is 15.1. The highest BCUT2D eigenvalue weighted by atomic mass is 19.1. The Morgan fingerprint density at radius 2 is 1.79 bits per heavy atom. The lowest BCUT2D eigenvalue weighted by atomic mass is 9.96. The largest absolute Gasteiger partial charge is 0.495 e. The summed E-state index contributed by atoms with van der Waals surface area (Å²) < 4.78 is 20.8. The number of aryl methyl sites for hydroxylation is 1. The molecule has 5 rings (SSSR count).